The molecule has 0 fully saturated rings. The van der Waals surface area contributed by atoms with E-state index in [1.807, 2.05) is 12.1 Å². The summed E-state index contributed by atoms with van der Waals surface area (Å²) in [6.45, 7) is 3.98. The number of halogens is 1. The van der Waals surface area contributed by atoms with Crippen LogP contribution >= 0.6 is 0 Å². The molecule has 0 aliphatic heterocycles. The molecule has 1 amide bonds. The first-order valence-electron chi connectivity index (χ1n) is 7.87. The van der Waals surface area contributed by atoms with E-state index in [4.69, 9.17) is 4.74 Å². The molecule has 1 N–H and O–H groups in total. The zero-order chi connectivity index (χ0) is 18.4. The predicted molar refractivity (Wildman–Crippen MR) is 92.3 cm³/mol. The third-order valence-electron chi connectivity index (χ3n) is 3.86. The number of carbonyl (C=O) groups excluding carboxylic acids is 1. The van der Waals surface area contributed by atoms with E-state index in [1.165, 1.54) is 11.6 Å². The zero-order valence-corrected chi connectivity index (χ0v) is 14.0. The van der Waals surface area contributed by atoms with Gasteiger partial charge in [0.05, 0.1) is 4.92 Å². The van der Waals surface area contributed by atoms with Gasteiger partial charge in [0.2, 0.25) is 5.82 Å². The summed E-state index contributed by atoms with van der Waals surface area (Å²) in [6, 6.07) is 10.6. The second-order valence-electron chi connectivity index (χ2n) is 5.64. The lowest BCUT2D eigenvalue weighted by atomic mass is 9.99. The Morgan fingerprint density at radius 3 is 2.56 bits per heavy atom. The summed E-state index contributed by atoms with van der Waals surface area (Å²) in [5.41, 5.74) is 0.631. The molecule has 0 spiro atoms. The summed E-state index contributed by atoms with van der Waals surface area (Å²) < 4.78 is 18.7. The van der Waals surface area contributed by atoms with Crippen molar-refractivity contribution >= 4 is 17.3 Å². The van der Waals surface area contributed by atoms with Gasteiger partial charge in [-0.05, 0) is 42.2 Å². The van der Waals surface area contributed by atoms with E-state index in [9.17, 15) is 19.3 Å². The van der Waals surface area contributed by atoms with Gasteiger partial charge >= 0.3 is 5.69 Å². The second kappa shape index (κ2) is 8.23. The van der Waals surface area contributed by atoms with Crippen molar-refractivity contribution < 1.29 is 18.8 Å². The standard InChI is InChI=1S/C18H19FN2O4/c1-3-12(2)13-4-7-15(8-5-13)25-11-18(22)20-14-6-9-16(19)17(10-14)21(23)24/h4-10,12H,3,11H2,1-2H3,(H,20,22)/t12-/m1/s1. The van der Waals surface area contributed by atoms with Gasteiger partial charge in [-0.15, -0.1) is 0 Å². The molecule has 6 nitrogen and oxygen atoms in total. The van der Waals surface area contributed by atoms with Crippen LogP contribution in [0.5, 0.6) is 5.75 Å². The van der Waals surface area contributed by atoms with Gasteiger partial charge in [0, 0.05) is 11.8 Å². The van der Waals surface area contributed by atoms with Gasteiger partial charge in [-0.3, -0.25) is 14.9 Å². The quantitative estimate of drug-likeness (QED) is 0.600. The second-order valence-corrected chi connectivity index (χ2v) is 5.64. The summed E-state index contributed by atoms with van der Waals surface area (Å²) in [7, 11) is 0. The lowest BCUT2D eigenvalue weighted by Crippen LogP contribution is -2.20. The highest BCUT2D eigenvalue weighted by Gasteiger charge is 2.15. The van der Waals surface area contributed by atoms with E-state index >= 15 is 0 Å². The van der Waals surface area contributed by atoms with Crippen LogP contribution in [0.2, 0.25) is 0 Å². The number of hydrogen-bond acceptors (Lipinski definition) is 4. The van der Waals surface area contributed by atoms with Crippen LogP contribution in [0, 0.1) is 15.9 Å². The molecule has 2 rings (SSSR count). The van der Waals surface area contributed by atoms with Gasteiger partial charge < -0.3 is 10.1 Å². The van der Waals surface area contributed by atoms with E-state index in [1.54, 1.807) is 12.1 Å². The van der Waals surface area contributed by atoms with Crippen LogP contribution in [0.25, 0.3) is 0 Å². The largest absolute Gasteiger partial charge is 0.484 e. The molecule has 7 heteroatoms. The Hall–Kier alpha value is -2.96. The number of nitrogens with one attached hydrogen (secondary N) is 1. The van der Waals surface area contributed by atoms with Crippen molar-refractivity contribution in [1.29, 1.82) is 0 Å². The summed E-state index contributed by atoms with van der Waals surface area (Å²) in [6.07, 6.45) is 1.03. The van der Waals surface area contributed by atoms with Gasteiger partial charge in [0.25, 0.3) is 5.91 Å². The fraction of sp³-hybridized carbons (Fsp3) is 0.278. The summed E-state index contributed by atoms with van der Waals surface area (Å²) in [5.74, 6) is -0.452. The maximum atomic E-state index is 13.3. The molecule has 2 aromatic carbocycles. The SMILES string of the molecule is CC[C@@H](C)c1ccc(OCC(=O)Nc2ccc(F)c([N+](=O)[O-])c2)cc1. The van der Waals surface area contributed by atoms with E-state index in [0.29, 0.717) is 11.7 Å². The molecule has 25 heavy (non-hydrogen) atoms. The minimum atomic E-state index is -0.958. The molecule has 0 saturated heterocycles. The molecule has 0 unspecified atom stereocenters. The fourth-order valence-electron chi connectivity index (χ4n) is 2.20. The van der Waals surface area contributed by atoms with Gasteiger partial charge in [-0.2, -0.15) is 4.39 Å². The Morgan fingerprint density at radius 1 is 1.28 bits per heavy atom. The summed E-state index contributed by atoms with van der Waals surface area (Å²) in [5, 5.41) is 13.1. The number of nitrogens with zero attached hydrogens (tertiary/aromatic N) is 1. The van der Waals surface area contributed by atoms with Crippen LogP contribution in [0.3, 0.4) is 0 Å². The van der Waals surface area contributed by atoms with Gasteiger partial charge in [0.1, 0.15) is 5.75 Å². The first kappa shape index (κ1) is 18.4. The van der Waals surface area contributed by atoms with Crippen molar-refractivity contribution in [2.75, 3.05) is 11.9 Å². The lowest BCUT2D eigenvalue weighted by molar-refractivity contribution is -0.387. The number of nitro groups is 1. The maximum absolute atomic E-state index is 13.3. The molecule has 132 valence electrons. The summed E-state index contributed by atoms with van der Waals surface area (Å²) in [4.78, 5) is 21.7. The molecule has 0 aromatic heterocycles. The van der Waals surface area contributed by atoms with Gasteiger partial charge in [0.15, 0.2) is 6.61 Å². The Kier molecular flexibility index (Phi) is 6.05. The van der Waals surface area contributed by atoms with Gasteiger partial charge in [-0.25, -0.2) is 0 Å². The Morgan fingerprint density at radius 2 is 1.96 bits per heavy atom. The lowest BCUT2D eigenvalue weighted by Gasteiger charge is -2.11. The number of anilines is 1. The number of rotatable bonds is 7. The third-order valence-corrected chi connectivity index (χ3v) is 3.86. The number of ether oxygens (including phenoxy) is 1. The predicted octanol–water partition coefficient (Wildman–Crippen LogP) is 4.26. The Labute approximate surface area is 144 Å². The minimum Gasteiger partial charge on any atom is -0.484 e. The minimum absolute atomic E-state index is 0.133. The zero-order valence-electron chi connectivity index (χ0n) is 14.0. The monoisotopic (exact) mass is 346 g/mol. The Balaban J connectivity index is 1.92. The average Bonchev–Trinajstić information content (AvgIpc) is 2.61. The molecule has 0 heterocycles. The van der Waals surface area contributed by atoms with Crippen molar-refractivity contribution in [3.8, 4) is 5.75 Å². The van der Waals surface area contributed by atoms with Crippen LogP contribution in [-0.2, 0) is 4.79 Å². The van der Waals surface area contributed by atoms with Crippen LogP contribution in [0.15, 0.2) is 42.5 Å². The highest BCUT2D eigenvalue weighted by atomic mass is 19.1. The van der Waals surface area contributed by atoms with Gasteiger partial charge in [-0.1, -0.05) is 26.0 Å². The van der Waals surface area contributed by atoms with Crippen molar-refractivity contribution in [3.05, 3.63) is 64.0 Å². The van der Waals surface area contributed by atoms with E-state index < -0.39 is 22.3 Å². The molecule has 0 aliphatic carbocycles. The van der Waals surface area contributed by atoms with E-state index in [0.717, 1.165) is 18.6 Å². The fourth-order valence-corrected chi connectivity index (χ4v) is 2.20. The average molecular weight is 346 g/mol. The molecule has 0 aliphatic rings. The van der Waals surface area contributed by atoms with Crippen LogP contribution in [0.4, 0.5) is 15.8 Å². The van der Waals surface area contributed by atoms with Crippen molar-refractivity contribution in [3.63, 3.8) is 0 Å². The van der Waals surface area contributed by atoms with Crippen molar-refractivity contribution in [2.24, 2.45) is 0 Å². The normalized spacial score (nSPS) is 11.6. The number of hydrogen-bond donors (Lipinski definition) is 1. The molecule has 0 radical (unpaired) electrons. The molecule has 1 atom stereocenters. The van der Waals surface area contributed by atoms with Crippen molar-refractivity contribution in [2.45, 2.75) is 26.2 Å². The number of carbonyl (C=O) groups is 1. The first-order valence-corrected chi connectivity index (χ1v) is 7.87. The number of nitro benzene ring substituents is 1. The molecule has 2 aromatic rings. The number of benzene rings is 2. The number of amides is 1. The van der Waals surface area contributed by atoms with E-state index in [2.05, 4.69) is 19.2 Å². The Bertz CT molecular complexity index is 762. The molecular formula is C18H19FN2O4. The highest BCUT2D eigenvalue weighted by Crippen LogP contribution is 2.23. The maximum Gasteiger partial charge on any atom is 0.306 e. The molecule has 0 bridgehead atoms. The van der Waals surface area contributed by atoms with Crippen LogP contribution in [-0.4, -0.2) is 17.4 Å². The first-order chi connectivity index (χ1) is 11.9. The van der Waals surface area contributed by atoms with E-state index in [-0.39, 0.29) is 12.3 Å². The molecular weight excluding hydrogens is 327 g/mol. The van der Waals surface area contributed by atoms with Crippen molar-refractivity contribution in [1.82, 2.24) is 0 Å². The molecule has 0 saturated carbocycles. The summed E-state index contributed by atoms with van der Waals surface area (Å²) >= 11 is 0. The third kappa shape index (κ3) is 5.00. The smallest absolute Gasteiger partial charge is 0.306 e. The topological polar surface area (TPSA) is 81.5 Å². The van der Waals surface area contributed by atoms with Crippen LogP contribution < -0.4 is 10.1 Å². The van der Waals surface area contributed by atoms with Crippen LogP contribution in [0.1, 0.15) is 31.7 Å². The highest BCUT2D eigenvalue weighted by molar-refractivity contribution is 5.92.